The standard InChI is InChI=1S/C26H22ClN3O2S/c27-22-17-19(28-25(31)21-8-3-6-18-5-1-2-7-20(18)21)10-11-23(22)29-12-14-30(15-13-29)26(32)24-9-4-16-33-24/h1-11,16-17H,12-15H2,(H,28,31). The predicted octanol–water partition coefficient (Wildman–Crippen LogP) is 5.77. The average Bonchev–Trinajstić information content (AvgIpc) is 3.38. The number of hydrogen-bond donors (Lipinski definition) is 1. The number of halogens is 1. The molecule has 4 aromatic rings. The number of fused-ring (bicyclic) bond motifs is 1. The van der Waals surface area contributed by atoms with Crippen LogP contribution in [0.25, 0.3) is 10.8 Å². The first kappa shape index (κ1) is 21.5. The van der Waals surface area contributed by atoms with Gasteiger partial charge in [-0.05, 0) is 46.5 Å². The molecule has 3 aromatic carbocycles. The number of carbonyl (C=O) groups excluding carboxylic acids is 2. The van der Waals surface area contributed by atoms with Gasteiger partial charge in [0.2, 0.25) is 0 Å². The maximum Gasteiger partial charge on any atom is 0.264 e. The van der Waals surface area contributed by atoms with E-state index < -0.39 is 0 Å². The quantitative estimate of drug-likeness (QED) is 0.407. The second-order valence-electron chi connectivity index (χ2n) is 7.90. The highest BCUT2D eigenvalue weighted by molar-refractivity contribution is 7.12. The molecule has 0 aliphatic carbocycles. The van der Waals surface area contributed by atoms with E-state index in [9.17, 15) is 9.59 Å². The van der Waals surface area contributed by atoms with E-state index in [0.717, 1.165) is 21.3 Å². The third kappa shape index (κ3) is 4.45. The number of thiophene rings is 1. The first-order valence-electron chi connectivity index (χ1n) is 10.8. The lowest BCUT2D eigenvalue weighted by Gasteiger charge is -2.36. The summed E-state index contributed by atoms with van der Waals surface area (Å²) in [6.07, 6.45) is 0. The minimum absolute atomic E-state index is 0.0854. The van der Waals surface area contributed by atoms with Crippen molar-refractivity contribution in [2.24, 2.45) is 0 Å². The Balaban J connectivity index is 1.26. The first-order chi connectivity index (χ1) is 16.1. The van der Waals surface area contributed by atoms with Crippen LogP contribution in [-0.2, 0) is 0 Å². The molecule has 2 heterocycles. The Labute approximate surface area is 201 Å². The lowest BCUT2D eigenvalue weighted by Crippen LogP contribution is -2.48. The van der Waals surface area contributed by atoms with Crippen LogP contribution in [0, 0.1) is 0 Å². The van der Waals surface area contributed by atoms with Crippen LogP contribution in [0.15, 0.2) is 78.2 Å². The van der Waals surface area contributed by atoms with Crippen LogP contribution in [0.5, 0.6) is 0 Å². The molecule has 1 saturated heterocycles. The van der Waals surface area contributed by atoms with E-state index >= 15 is 0 Å². The summed E-state index contributed by atoms with van der Waals surface area (Å²) in [5, 5.41) is 7.39. The molecule has 33 heavy (non-hydrogen) atoms. The van der Waals surface area contributed by atoms with E-state index in [2.05, 4.69) is 10.2 Å². The molecule has 0 bridgehead atoms. The molecule has 0 unspecified atom stereocenters. The molecule has 1 aromatic heterocycles. The van der Waals surface area contributed by atoms with Crippen molar-refractivity contribution in [3.8, 4) is 0 Å². The predicted molar refractivity (Wildman–Crippen MR) is 136 cm³/mol. The Hall–Kier alpha value is -3.35. The number of rotatable bonds is 4. The highest BCUT2D eigenvalue weighted by Crippen LogP contribution is 2.30. The van der Waals surface area contributed by atoms with Crippen molar-refractivity contribution in [3.63, 3.8) is 0 Å². The molecule has 0 spiro atoms. The minimum Gasteiger partial charge on any atom is -0.367 e. The maximum absolute atomic E-state index is 12.9. The van der Waals surface area contributed by atoms with E-state index in [0.29, 0.717) is 42.5 Å². The Bertz CT molecular complexity index is 1310. The van der Waals surface area contributed by atoms with Gasteiger partial charge in [-0.2, -0.15) is 0 Å². The fraction of sp³-hybridized carbons (Fsp3) is 0.154. The van der Waals surface area contributed by atoms with Crippen LogP contribution in [0.4, 0.5) is 11.4 Å². The third-order valence-electron chi connectivity index (χ3n) is 5.88. The Morgan fingerprint density at radius 2 is 1.67 bits per heavy atom. The van der Waals surface area contributed by atoms with Crippen molar-refractivity contribution in [1.82, 2.24) is 4.90 Å². The largest absolute Gasteiger partial charge is 0.367 e. The SMILES string of the molecule is O=C(Nc1ccc(N2CCN(C(=O)c3cccs3)CC2)c(Cl)c1)c1cccc2ccccc12. The molecule has 5 rings (SSSR count). The summed E-state index contributed by atoms with van der Waals surface area (Å²) in [6.45, 7) is 2.70. The lowest BCUT2D eigenvalue weighted by molar-refractivity contribution is 0.0751. The summed E-state index contributed by atoms with van der Waals surface area (Å²) in [4.78, 5) is 30.3. The summed E-state index contributed by atoms with van der Waals surface area (Å²) in [7, 11) is 0. The summed E-state index contributed by atoms with van der Waals surface area (Å²) in [5.74, 6) is -0.0847. The number of carbonyl (C=O) groups is 2. The molecule has 1 aliphatic heterocycles. The number of anilines is 2. The van der Waals surface area contributed by atoms with Crippen LogP contribution in [0.3, 0.4) is 0 Å². The summed E-state index contributed by atoms with van der Waals surface area (Å²) in [6, 6.07) is 22.9. The Kier molecular flexibility index (Phi) is 6.03. The van der Waals surface area contributed by atoms with Gasteiger partial charge in [0.25, 0.3) is 11.8 Å². The van der Waals surface area contributed by atoms with Crippen LogP contribution in [0.1, 0.15) is 20.0 Å². The maximum atomic E-state index is 12.9. The Morgan fingerprint density at radius 3 is 2.42 bits per heavy atom. The molecule has 0 atom stereocenters. The summed E-state index contributed by atoms with van der Waals surface area (Å²) >= 11 is 8.06. The van der Waals surface area contributed by atoms with Crippen molar-refractivity contribution >= 4 is 56.9 Å². The van der Waals surface area contributed by atoms with Crippen molar-refractivity contribution < 1.29 is 9.59 Å². The molecule has 1 aliphatic rings. The molecule has 0 saturated carbocycles. The Morgan fingerprint density at radius 1 is 0.879 bits per heavy atom. The monoisotopic (exact) mass is 475 g/mol. The van der Waals surface area contributed by atoms with Gasteiger partial charge in [-0.25, -0.2) is 0 Å². The van der Waals surface area contributed by atoms with Gasteiger partial charge in [0.05, 0.1) is 15.6 Å². The van der Waals surface area contributed by atoms with E-state index in [1.807, 2.05) is 77.0 Å². The van der Waals surface area contributed by atoms with Gasteiger partial charge in [0, 0.05) is 37.4 Å². The summed E-state index contributed by atoms with van der Waals surface area (Å²) < 4.78 is 0. The van der Waals surface area contributed by atoms with Crippen LogP contribution < -0.4 is 10.2 Å². The highest BCUT2D eigenvalue weighted by atomic mass is 35.5. The van der Waals surface area contributed by atoms with Crippen molar-refractivity contribution in [2.75, 3.05) is 36.4 Å². The zero-order valence-electron chi connectivity index (χ0n) is 17.8. The van der Waals surface area contributed by atoms with Crippen molar-refractivity contribution in [2.45, 2.75) is 0 Å². The number of amides is 2. The number of piperazine rings is 1. The molecular formula is C26H22ClN3O2S. The van der Waals surface area contributed by atoms with Crippen LogP contribution in [0.2, 0.25) is 5.02 Å². The molecular weight excluding hydrogens is 454 g/mol. The van der Waals surface area contributed by atoms with E-state index in [1.54, 1.807) is 6.07 Å². The molecule has 0 radical (unpaired) electrons. The number of hydrogen-bond acceptors (Lipinski definition) is 4. The highest BCUT2D eigenvalue weighted by Gasteiger charge is 2.24. The lowest BCUT2D eigenvalue weighted by atomic mass is 10.0. The van der Waals surface area contributed by atoms with Gasteiger partial charge >= 0.3 is 0 Å². The first-order valence-corrected chi connectivity index (χ1v) is 12.0. The molecule has 1 N–H and O–H groups in total. The van der Waals surface area contributed by atoms with Gasteiger partial charge in [-0.3, -0.25) is 9.59 Å². The van der Waals surface area contributed by atoms with Crippen molar-refractivity contribution in [1.29, 1.82) is 0 Å². The minimum atomic E-state index is -0.170. The topological polar surface area (TPSA) is 52.7 Å². The molecule has 5 nitrogen and oxygen atoms in total. The van der Waals surface area contributed by atoms with Gasteiger partial charge in [0.15, 0.2) is 0 Å². The number of nitrogens with one attached hydrogen (secondary N) is 1. The fourth-order valence-electron chi connectivity index (χ4n) is 4.17. The second-order valence-corrected chi connectivity index (χ2v) is 9.26. The molecule has 1 fully saturated rings. The zero-order chi connectivity index (χ0) is 22.8. The summed E-state index contributed by atoms with van der Waals surface area (Å²) in [5.41, 5.74) is 2.18. The third-order valence-corrected chi connectivity index (χ3v) is 7.04. The number of benzene rings is 3. The van der Waals surface area contributed by atoms with Gasteiger partial charge in [0.1, 0.15) is 0 Å². The van der Waals surface area contributed by atoms with Gasteiger partial charge < -0.3 is 15.1 Å². The second kappa shape index (κ2) is 9.25. The van der Waals surface area contributed by atoms with Crippen LogP contribution >= 0.6 is 22.9 Å². The molecule has 7 heteroatoms. The van der Waals surface area contributed by atoms with E-state index in [4.69, 9.17) is 11.6 Å². The van der Waals surface area contributed by atoms with Crippen molar-refractivity contribution in [3.05, 3.63) is 93.6 Å². The number of nitrogens with zero attached hydrogens (tertiary/aromatic N) is 2. The van der Waals surface area contributed by atoms with E-state index in [-0.39, 0.29) is 11.8 Å². The normalized spacial score (nSPS) is 13.8. The van der Waals surface area contributed by atoms with Gasteiger partial charge in [-0.1, -0.05) is 54.1 Å². The molecule has 2 amide bonds. The fourth-order valence-corrected chi connectivity index (χ4v) is 5.16. The van der Waals surface area contributed by atoms with E-state index in [1.165, 1.54) is 11.3 Å². The van der Waals surface area contributed by atoms with Gasteiger partial charge in [-0.15, -0.1) is 11.3 Å². The molecule has 166 valence electrons. The van der Waals surface area contributed by atoms with Crippen LogP contribution in [-0.4, -0.2) is 42.9 Å². The average molecular weight is 476 g/mol. The zero-order valence-corrected chi connectivity index (χ0v) is 19.4. The smallest absolute Gasteiger partial charge is 0.264 e.